The van der Waals surface area contributed by atoms with Gasteiger partial charge in [0, 0.05) is 30.0 Å². The van der Waals surface area contributed by atoms with Crippen molar-refractivity contribution in [1.29, 1.82) is 0 Å². The van der Waals surface area contributed by atoms with Gasteiger partial charge < -0.3 is 10.2 Å². The maximum absolute atomic E-state index is 12.7. The zero-order valence-corrected chi connectivity index (χ0v) is 14.2. The number of amides is 2. The third kappa shape index (κ3) is 3.20. The molecule has 1 aromatic heterocycles. The van der Waals surface area contributed by atoms with Crippen LogP contribution in [0.25, 0.3) is 0 Å². The average Bonchev–Trinajstić information content (AvgIpc) is 3.18. The summed E-state index contributed by atoms with van der Waals surface area (Å²) < 4.78 is 1.96. The van der Waals surface area contributed by atoms with E-state index in [4.69, 9.17) is 11.6 Å². The van der Waals surface area contributed by atoms with Crippen LogP contribution in [0.15, 0.2) is 30.5 Å². The second-order valence-electron chi connectivity index (χ2n) is 5.82. The number of carbonyl (C=O) groups is 1. The molecule has 1 fully saturated rings. The predicted molar refractivity (Wildman–Crippen MR) is 91.8 cm³/mol. The molecule has 0 saturated carbocycles. The number of likely N-dealkylation sites (tertiary alicyclic amines) is 1. The molecule has 2 aromatic rings. The number of nitrogens with zero attached hydrogens (tertiary/aromatic N) is 3. The molecule has 0 unspecified atom stereocenters. The Morgan fingerprint density at radius 3 is 3.00 bits per heavy atom. The van der Waals surface area contributed by atoms with Gasteiger partial charge in [-0.1, -0.05) is 17.7 Å². The normalized spacial score (nSPS) is 17.5. The second kappa shape index (κ2) is 6.62. The SMILES string of the molecule is CCn1nccc1[C@H]1CCCN1C(=O)Nc1ccc(C)c(Cl)c1. The van der Waals surface area contributed by atoms with E-state index in [-0.39, 0.29) is 12.1 Å². The Morgan fingerprint density at radius 2 is 2.26 bits per heavy atom. The van der Waals surface area contributed by atoms with Gasteiger partial charge in [0.2, 0.25) is 0 Å². The fraction of sp³-hybridized carbons (Fsp3) is 0.412. The predicted octanol–water partition coefficient (Wildman–Crippen LogP) is 4.23. The molecule has 1 atom stereocenters. The van der Waals surface area contributed by atoms with Crippen LogP contribution in [0, 0.1) is 6.92 Å². The summed E-state index contributed by atoms with van der Waals surface area (Å²) >= 11 is 6.13. The summed E-state index contributed by atoms with van der Waals surface area (Å²) in [6, 6.07) is 7.57. The molecule has 1 saturated heterocycles. The number of nitrogens with one attached hydrogen (secondary N) is 1. The molecule has 1 N–H and O–H groups in total. The van der Waals surface area contributed by atoms with E-state index in [2.05, 4.69) is 17.3 Å². The molecule has 122 valence electrons. The third-order valence-corrected chi connectivity index (χ3v) is 4.73. The van der Waals surface area contributed by atoms with Crippen LogP contribution >= 0.6 is 11.6 Å². The molecule has 3 rings (SSSR count). The Kier molecular flexibility index (Phi) is 4.57. The molecule has 0 aliphatic carbocycles. The summed E-state index contributed by atoms with van der Waals surface area (Å²) in [5, 5.41) is 7.93. The monoisotopic (exact) mass is 332 g/mol. The lowest BCUT2D eigenvalue weighted by atomic mass is 10.1. The van der Waals surface area contributed by atoms with Crippen LogP contribution in [-0.4, -0.2) is 27.3 Å². The van der Waals surface area contributed by atoms with Crippen molar-refractivity contribution in [3.63, 3.8) is 0 Å². The fourth-order valence-corrected chi connectivity index (χ4v) is 3.25. The highest BCUT2D eigenvalue weighted by molar-refractivity contribution is 6.31. The van der Waals surface area contributed by atoms with Crippen molar-refractivity contribution in [3.05, 3.63) is 46.7 Å². The minimum Gasteiger partial charge on any atom is -0.316 e. The molecule has 5 nitrogen and oxygen atoms in total. The molecule has 2 amide bonds. The van der Waals surface area contributed by atoms with Gasteiger partial charge in [-0.05, 0) is 50.5 Å². The molecule has 1 aromatic carbocycles. The van der Waals surface area contributed by atoms with Crippen molar-refractivity contribution in [3.8, 4) is 0 Å². The van der Waals surface area contributed by atoms with E-state index in [0.717, 1.165) is 42.9 Å². The molecular formula is C17H21ClN4O. The molecule has 0 spiro atoms. The highest BCUT2D eigenvalue weighted by atomic mass is 35.5. The maximum Gasteiger partial charge on any atom is 0.322 e. The highest BCUT2D eigenvalue weighted by Gasteiger charge is 2.32. The minimum atomic E-state index is -0.0868. The van der Waals surface area contributed by atoms with Gasteiger partial charge in [0.15, 0.2) is 0 Å². The van der Waals surface area contributed by atoms with Crippen molar-refractivity contribution >= 4 is 23.3 Å². The van der Waals surface area contributed by atoms with Crippen molar-refractivity contribution < 1.29 is 4.79 Å². The van der Waals surface area contributed by atoms with Crippen LogP contribution in [0.4, 0.5) is 10.5 Å². The minimum absolute atomic E-state index is 0.0818. The van der Waals surface area contributed by atoms with Crippen molar-refractivity contribution in [2.24, 2.45) is 0 Å². The lowest BCUT2D eigenvalue weighted by Crippen LogP contribution is -2.35. The van der Waals surface area contributed by atoms with Gasteiger partial charge in [-0.3, -0.25) is 4.68 Å². The quantitative estimate of drug-likeness (QED) is 0.914. The van der Waals surface area contributed by atoms with Gasteiger partial charge in [0.25, 0.3) is 0 Å². The zero-order chi connectivity index (χ0) is 16.4. The summed E-state index contributed by atoms with van der Waals surface area (Å²) in [7, 11) is 0. The lowest BCUT2D eigenvalue weighted by Gasteiger charge is -2.25. The number of rotatable bonds is 3. The van der Waals surface area contributed by atoms with Gasteiger partial charge >= 0.3 is 6.03 Å². The largest absolute Gasteiger partial charge is 0.322 e. The molecule has 1 aliphatic heterocycles. The molecule has 1 aliphatic rings. The van der Waals surface area contributed by atoms with Crippen LogP contribution in [0.5, 0.6) is 0 Å². The van der Waals surface area contributed by atoms with Gasteiger partial charge in [0.1, 0.15) is 0 Å². The number of halogens is 1. The van der Waals surface area contributed by atoms with E-state index in [9.17, 15) is 4.79 Å². The summed E-state index contributed by atoms with van der Waals surface area (Å²) in [6.45, 7) is 5.56. The highest BCUT2D eigenvalue weighted by Crippen LogP contribution is 2.32. The number of urea groups is 1. The van der Waals surface area contributed by atoms with Crippen molar-refractivity contribution in [2.45, 2.75) is 39.3 Å². The van der Waals surface area contributed by atoms with Crippen LogP contribution in [0.1, 0.15) is 37.1 Å². The number of aryl methyl sites for hydroxylation is 2. The first-order valence-corrected chi connectivity index (χ1v) is 8.33. The molecular weight excluding hydrogens is 312 g/mol. The summed E-state index contributed by atoms with van der Waals surface area (Å²) in [5.74, 6) is 0. The number of hydrogen-bond acceptors (Lipinski definition) is 2. The van der Waals surface area contributed by atoms with Gasteiger partial charge in [0.05, 0.1) is 11.7 Å². The first kappa shape index (κ1) is 15.9. The van der Waals surface area contributed by atoms with E-state index >= 15 is 0 Å². The Hall–Kier alpha value is -2.01. The topological polar surface area (TPSA) is 50.2 Å². The van der Waals surface area contributed by atoms with Crippen LogP contribution in [0.3, 0.4) is 0 Å². The Bertz CT molecular complexity index is 712. The first-order chi connectivity index (χ1) is 11.1. The lowest BCUT2D eigenvalue weighted by molar-refractivity contribution is 0.204. The van der Waals surface area contributed by atoms with Crippen molar-refractivity contribution in [2.75, 3.05) is 11.9 Å². The standard InChI is InChI=1S/C17H21ClN4O/c1-3-22-16(8-9-19-22)15-5-4-10-21(15)17(23)20-13-7-6-12(2)14(18)11-13/h6-9,11,15H,3-5,10H2,1-2H3,(H,20,23)/t15-/m1/s1. The first-order valence-electron chi connectivity index (χ1n) is 7.95. The number of carbonyl (C=O) groups excluding carboxylic acids is 1. The van der Waals surface area contributed by atoms with E-state index in [1.165, 1.54) is 0 Å². The van der Waals surface area contributed by atoms with Crippen LogP contribution in [-0.2, 0) is 6.54 Å². The van der Waals surface area contributed by atoms with E-state index in [1.54, 1.807) is 12.3 Å². The number of aromatic nitrogens is 2. The van der Waals surface area contributed by atoms with Gasteiger partial charge in [-0.25, -0.2) is 4.79 Å². The van der Waals surface area contributed by atoms with E-state index < -0.39 is 0 Å². The Morgan fingerprint density at radius 1 is 1.43 bits per heavy atom. The van der Waals surface area contributed by atoms with Gasteiger partial charge in [-0.2, -0.15) is 5.10 Å². The van der Waals surface area contributed by atoms with Crippen LogP contribution in [0.2, 0.25) is 5.02 Å². The van der Waals surface area contributed by atoms with Gasteiger partial charge in [-0.15, -0.1) is 0 Å². The smallest absolute Gasteiger partial charge is 0.316 e. The molecule has 0 radical (unpaired) electrons. The van der Waals surface area contributed by atoms with Crippen LogP contribution < -0.4 is 5.32 Å². The zero-order valence-electron chi connectivity index (χ0n) is 13.4. The number of anilines is 1. The third-order valence-electron chi connectivity index (χ3n) is 4.33. The number of hydrogen-bond donors (Lipinski definition) is 1. The average molecular weight is 333 g/mol. The summed E-state index contributed by atoms with van der Waals surface area (Å²) in [6.07, 6.45) is 3.77. The fourth-order valence-electron chi connectivity index (χ4n) is 3.07. The summed E-state index contributed by atoms with van der Waals surface area (Å²) in [5.41, 5.74) is 2.82. The van der Waals surface area contributed by atoms with Crippen molar-refractivity contribution in [1.82, 2.24) is 14.7 Å². The maximum atomic E-state index is 12.7. The van der Waals surface area contributed by atoms with E-state index in [1.807, 2.05) is 34.7 Å². The Balaban J connectivity index is 1.77. The number of benzene rings is 1. The van der Waals surface area contributed by atoms with E-state index in [0.29, 0.717) is 5.02 Å². The molecule has 6 heteroatoms. The summed E-state index contributed by atoms with van der Waals surface area (Å²) in [4.78, 5) is 14.5. The molecule has 2 heterocycles. The Labute approximate surface area is 141 Å². The molecule has 23 heavy (non-hydrogen) atoms. The molecule has 0 bridgehead atoms. The second-order valence-corrected chi connectivity index (χ2v) is 6.22.